The molecule has 2 aromatic heterocycles. The van der Waals surface area contributed by atoms with Crippen molar-refractivity contribution in [2.24, 2.45) is 0 Å². The van der Waals surface area contributed by atoms with Crippen LogP contribution < -0.4 is 5.32 Å². The van der Waals surface area contributed by atoms with Crippen molar-refractivity contribution in [1.82, 2.24) is 25.0 Å². The largest absolute Gasteiger partial charge is 0.288 e. The van der Waals surface area contributed by atoms with E-state index in [2.05, 4.69) is 62.3 Å². The van der Waals surface area contributed by atoms with Crippen molar-refractivity contribution >= 4 is 27.8 Å². The van der Waals surface area contributed by atoms with Crippen LogP contribution in [-0.4, -0.2) is 30.9 Å². The molecule has 1 amide bonds. The number of anilines is 1. The number of aromatic amines is 1. The molecule has 1 aliphatic rings. The maximum Gasteiger partial charge on any atom is 0.278 e. The second-order valence-corrected chi connectivity index (χ2v) is 8.70. The summed E-state index contributed by atoms with van der Waals surface area (Å²) in [7, 11) is 0. The van der Waals surface area contributed by atoms with Gasteiger partial charge in [0.15, 0.2) is 11.5 Å². The highest BCUT2D eigenvalue weighted by molar-refractivity contribution is 9.10. The molecule has 1 aliphatic carbocycles. The van der Waals surface area contributed by atoms with Gasteiger partial charge in [0.05, 0.1) is 5.54 Å². The minimum Gasteiger partial charge on any atom is -0.288 e. The van der Waals surface area contributed by atoms with Gasteiger partial charge >= 0.3 is 0 Å². The summed E-state index contributed by atoms with van der Waals surface area (Å²) in [6.07, 6.45) is 2.31. The molecule has 0 atom stereocenters. The van der Waals surface area contributed by atoms with E-state index in [1.807, 2.05) is 35.0 Å². The van der Waals surface area contributed by atoms with Gasteiger partial charge < -0.3 is 0 Å². The number of H-pyrrole nitrogens is 1. The lowest BCUT2D eigenvalue weighted by atomic mass is 10.1. The summed E-state index contributed by atoms with van der Waals surface area (Å²) in [5.41, 5.74) is 2.23. The van der Waals surface area contributed by atoms with Gasteiger partial charge in [-0.1, -0.05) is 28.1 Å². The molecular formula is C19H21BrN6O. The summed E-state index contributed by atoms with van der Waals surface area (Å²) >= 11 is 3.41. The molecule has 1 aromatic carbocycles. The summed E-state index contributed by atoms with van der Waals surface area (Å²) < 4.78 is 2.95. The zero-order chi connectivity index (χ0) is 19.2. The summed E-state index contributed by atoms with van der Waals surface area (Å²) in [5, 5.41) is 14.2. The van der Waals surface area contributed by atoms with Crippen LogP contribution in [0.3, 0.4) is 0 Å². The molecule has 4 rings (SSSR count). The van der Waals surface area contributed by atoms with Crippen LogP contribution in [0.5, 0.6) is 0 Å². The second-order valence-electron chi connectivity index (χ2n) is 7.78. The molecule has 8 heteroatoms. The first kappa shape index (κ1) is 17.9. The number of nitrogens with one attached hydrogen (secondary N) is 2. The minimum absolute atomic E-state index is 0.171. The SMILES string of the molecule is CC(C)(C)n1nc(C(=O)Nc2n[nH]c(-c3ccc(Br)cc3)n2)cc1C1CC1. The van der Waals surface area contributed by atoms with Crippen LogP contribution in [-0.2, 0) is 5.54 Å². The van der Waals surface area contributed by atoms with Gasteiger partial charge in [-0.15, -0.1) is 5.10 Å². The highest BCUT2D eigenvalue weighted by Crippen LogP contribution is 2.41. The average Bonchev–Trinajstić information content (AvgIpc) is 3.17. The zero-order valence-corrected chi connectivity index (χ0v) is 17.0. The van der Waals surface area contributed by atoms with E-state index in [4.69, 9.17) is 0 Å². The molecule has 2 heterocycles. The molecule has 0 bridgehead atoms. The van der Waals surface area contributed by atoms with Crippen molar-refractivity contribution in [3.05, 3.63) is 46.2 Å². The van der Waals surface area contributed by atoms with Gasteiger partial charge in [0, 0.05) is 21.6 Å². The van der Waals surface area contributed by atoms with Crippen molar-refractivity contribution in [1.29, 1.82) is 0 Å². The molecule has 1 fully saturated rings. The summed E-state index contributed by atoms with van der Waals surface area (Å²) in [6.45, 7) is 6.27. The lowest BCUT2D eigenvalue weighted by Gasteiger charge is -2.22. The Hall–Kier alpha value is -2.48. The maximum atomic E-state index is 12.7. The first-order valence-electron chi connectivity index (χ1n) is 8.91. The Morgan fingerprint density at radius 3 is 2.59 bits per heavy atom. The number of hydrogen-bond acceptors (Lipinski definition) is 4. The van der Waals surface area contributed by atoms with Crippen LogP contribution in [0, 0.1) is 0 Å². The fourth-order valence-corrected chi connectivity index (χ4v) is 3.20. The lowest BCUT2D eigenvalue weighted by molar-refractivity contribution is 0.102. The average molecular weight is 429 g/mol. The zero-order valence-electron chi connectivity index (χ0n) is 15.5. The van der Waals surface area contributed by atoms with Gasteiger partial charge in [0.1, 0.15) is 0 Å². The third kappa shape index (κ3) is 3.80. The van der Waals surface area contributed by atoms with Gasteiger partial charge in [0.2, 0.25) is 5.95 Å². The van der Waals surface area contributed by atoms with E-state index in [0.29, 0.717) is 17.4 Å². The van der Waals surface area contributed by atoms with E-state index in [0.717, 1.165) is 28.6 Å². The van der Waals surface area contributed by atoms with E-state index >= 15 is 0 Å². The molecule has 1 saturated carbocycles. The summed E-state index contributed by atoms with van der Waals surface area (Å²) in [6, 6.07) is 9.58. The van der Waals surface area contributed by atoms with E-state index in [9.17, 15) is 4.79 Å². The summed E-state index contributed by atoms with van der Waals surface area (Å²) in [5.74, 6) is 1.03. The molecule has 3 aromatic rings. The quantitative estimate of drug-likeness (QED) is 0.647. The number of carbonyl (C=O) groups is 1. The fraction of sp³-hybridized carbons (Fsp3) is 0.368. The number of halogens is 1. The van der Waals surface area contributed by atoms with Crippen LogP contribution in [0.25, 0.3) is 11.4 Å². The van der Waals surface area contributed by atoms with E-state index < -0.39 is 0 Å². The standard InChI is InChI=1S/C19H21BrN6O/c1-19(2,3)26-15(11-4-5-11)10-14(25-26)17(27)22-18-21-16(23-24-18)12-6-8-13(20)9-7-12/h6-11H,4-5H2,1-3H3,(H2,21,22,23,24,27). The van der Waals surface area contributed by atoms with Crippen molar-refractivity contribution in [3.63, 3.8) is 0 Å². The van der Waals surface area contributed by atoms with Crippen molar-refractivity contribution in [3.8, 4) is 11.4 Å². The van der Waals surface area contributed by atoms with E-state index in [1.54, 1.807) is 0 Å². The number of rotatable bonds is 4. The normalized spacial score (nSPS) is 14.4. The summed E-state index contributed by atoms with van der Waals surface area (Å²) in [4.78, 5) is 17.0. The molecule has 140 valence electrons. The number of carbonyl (C=O) groups excluding carboxylic acids is 1. The van der Waals surface area contributed by atoms with Gasteiger partial charge in [-0.25, -0.2) is 0 Å². The Morgan fingerprint density at radius 1 is 1.26 bits per heavy atom. The van der Waals surface area contributed by atoms with Crippen LogP contribution in [0.1, 0.15) is 55.7 Å². The molecular weight excluding hydrogens is 408 g/mol. The van der Waals surface area contributed by atoms with E-state index in [1.165, 1.54) is 0 Å². The van der Waals surface area contributed by atoms with Crippen LogP contribution in [0.15, 0.2) is 34.8 Å². The molecule has 2 N–H and O–H groups in total. The molecule has 0 saturated heterocycles. The molecule has 0 spiro atoms. The smallest absolute Gasteiger partial charge is 0.278 e. The van der Waals surface area contributed by atoms with Crippen molar-refractivity contribution < 1.29 is 4.79 Å². The second kappa shape index (κ2) is 6.60. The van der Waals surface area contributed by atoms with Gasteiger partial charge in [-0.3, -0.25) is 19.9 Å². The predicted molar refractivity (Wildman–Crippen MR) is 107 cm³/mol. The molecule has 0 radical (unpaired) electrons. The fourth-order valence-electron chi connectivity index (χ4n) is 2.93. The molecule has 27 heavy (non-hydrogen) atoms. The predicted octanol–water partition coefficient (Wildman–Crippen LogP) is 4.32. The van der Waals surface area contributed by atoms with Crippen molar-refractivity contribution in [2.45, 2.75) is 45.1 Å². The Balaban J connectivity index is 1.54. The topological polar surface area (TPSA) is 88.5 Å². The van der Waals surface area contributed by atoms with Crippen LogP contribution >= 0.6 is 15.9 Å². The number of amides is 1. The highest BCUT2D eigenvalue weighted by atomic mass is 79.9. The van der Waals surface area contributed by atoms with Gasteiger partial charge in [-0.2, -0.15) is 10.1 Å². The van der Waals surface area contributed by atoms with Crippen LogP contribution in [0.2, 0.25) is 0 Å². The lowest BCUT2D eigenvalue weighted by Crippen LogP contribution is -2.25. The Kier molecular flexibility index (Phi) is 4.38. The Labute approximate surface area is 165 Å². The third-order valence-electron chi connectivity index (χ3n) is 4.43. The van der Waals surface area contributed by atoms with Gasteiger partial charge in [0.25, 0.3) is 5.91 Å². The first-order chi connectivity index (χ1) is 12.8. The number of aromatic nitrogens is 5. The third-order valence-corrected chi connectivity index (χ3v) is 4.96. The minimum atomic E-state index is -0.304. The first-order valence-corrected chi connectivity index (χ1v) is 9.71. The molecule has 7 nitrogen and oxygen atoms in total. The number of benzene rings is 1. The monoisotopic (exact) mass is 428 g/mol. The highest BCUT2D eigenvalue weighted by Gasteiger charge is 2.32. The van der Waals surface area contributed by atoms with Crippen molar-refractivity contribution in [2.75, 3.05) is 5.32 Å². The van der Waals surface area contributed by atoms with Gasteiger partial charge in [-0.05, 0) is 51.8 Å². The van der Waals surface area contributed by atoms with Crippen LogP contribution in [0.4, 0.5) is 5.95 Å². The molecule has 0 aliphatic heterocycles. The maximum absolute atomic E-state index is 12.7. The Bertz CT molecular complexity index is 979. The molecule has 0 unspecified atom stereocenters. The Morgan fingerprint density at radius 2 is 1.96 bits per heavy atom. The van der Waals surface area contributed by atoms with E-state index in [-0.39, 0.29) is 17.4 Å². The number of nitrogens with zero attached hydrogens (tertiary/aromatic N) is 4. The number of hydrogen-bond donors (Lipinski definition) is 2.